The van der Waals surface area contributed by atoms with Crippen LogP contribution in [0.1, 0.15) is 18.4 Å². The molecule has 1 aliphatic heterocycles. The minimum atomic E-state index is 0. The minimum Gasteiger partial charge on any atom is -0.317 e. The van der Waals surface area contributed by atoms with E-state index in [2.05, 4.69) is 59.7 Å². The molecule has 2 aromatic carbocycles. The molecule has 2 aromatic rings. The number of rotatable bonds is 4. The van der Waals surface area contributed by atoms with Gasteiger partial charge >= 0.3 is 0 Å². The predicted octanol–water partition coefficient (Wildman–Crippen LogP) is 3.69. The number of fused-ring (bicyclic) bond motifs is 1. The molecule has 0 radical (unpaired) electrons. The number of halogens is 1. The standard InChI is InChI=1S/C18H24N2.ClH/c1-20(13-15-9-11-19-12-10-15)14-17-7-4-6-16-5-2-3-8-18(16)17;/h2-8,15,19H,9-14H2,1H3;1H. The van der Waals surface area contributed by atoms with Crippen LogP contribution in [0.3, 0.4) is 0 Å². The van der Waals surface area contributed by atoms with Crippen molar-refractivity contribution in [2.24, 2.45) is 5.92 Å². The topological polar surface area (TPSA) is 15.3 Å². The molecule has 1 heterocycles. The molecule has 3 heteroatoms. The molecule has 0 bridgehead atoms. The summed E-state index contributed by atoms with van der Waals surface area (Å²) in [5, 5.41) is 6.19. The maximum absolute atomic E-state index is 3.44. The van der Waals surface area contributed by atoms with Gasteiger partial charge in [0.15, 0.2) is 0 Å². The maximum Gasteiger partial charge on any atom is 0.0236 e. The lowest BCUT2D eigenvalue weighted by Crippen LogP contribution is -2.34. The summed E-state index contributed by atoms with van der Waals surface area (Å²) >= 11 is 0. The number of hydrogen-bond donors (Lipinski definition) is 1. The zero-order valence-corrected chi connectivity index (χ0v) is 13.5. The second-order valence-corrected chi connectivity index (χ2v) is 6.03. The van der Waals surface area contributed by atoms with E-state index in [0.717, 1.165) is 12.5 Å². The average molecular weight is 305 g/mol. The van der Waals surface area contributed by atoms with Gasteiger partial charge in [0, 0.05) is 13.1 Å². The van der Waals surface area contributed by atoms with Gasteiger partial charge in [0.25, 0.3) is 0 Å². The summed E-state index contributed by atoms with van der Waals surface area (Å²) in [7, 11) is 2.25. The highest BCUT2D eigenvalue weighted by molar-refractivity contribution is 5.85. The first-order valence-electron chi connectivity index (χ1n) is 7.69. The fraction of sp³-hybridized carbons (Fsp3) is 0.444. The van der Waals surface area contributed by atoms with Crippen molar-refractivity contribution >= 4 is 23.2 Å². The molecule has 0 aliphatic carbocycles. The van der Waals surface area contributed by atoms with E-state index in [0.29, 0.717) is 0 Å². The van der Waals surface area contributed by atoms with Crippen molar-refractivity contribution in [1.82, 2.24) is 10.2 Å². The van der Waals surface area contributed by atoms with Crippen LogP contribution in [0.25, 0.3) is 10.8 Å². The van der Waals surface area contributed by atoms with Crippen LogP contribution in [0, 0.1) is 5.92 Å². The minimum absolute atomic E-state index is 0. The van der Waals surface area contributed by atoms with E-state index < -0.39 is 0 Å². The SMILES string of the molecule is CN(Cc1cccc2ccccc12)CC1CCNCC1.Cl. The highest BCUT2D eigenvalue weighted by Crippen LogP contribution is 2.21. The second kappa shape index (κ2) is 7.79. The Morgan fingerprint density at radius 3 is 2.57 bits per heavy atom. The molecular weight excluding hydrogens is 280 g/mol. The van der Waals surface area contributed by atoms with Gasteiger partial charge in [0.1, 0.15) is 0 Å². The van der Waals surface area contributed by atoms with Crippen LogP contribution in [0.4, 0.5) is 0 Å². The summed E-state index contributed by atoms with van der Waals surface area (Å²) in [4.78, 5) is 2.48. The van der Waals surface area contributed by atoms with E-state index in [1.54, 1.807) is 0 Å². The highest BCUT2D eigenvalue weighted by atomic mass is 35.5. The van der Waals surface area contributed by atoms with Crippen LogP contribution in [0.15, 0.2) is 42.5 Å². The molecule has 0 saturated carbocycles. The van der Waals surface area contributed by atoms with E-state index in [4.69, 9.17) is 0 Å². The molecule has 0 atom stereocenters. The fourth-order valence-electron chi connectivity index (χ4n) is 3.29. The Bertz CT molecular complexity index is 559. The summed E-state index contributed by atoms with van der Waals surface area (Å²) in [6.45, 7) is 4.63. The monoisotopic (exact) mass is 304 g/mol. The van der Waals surface area contributed by atoms with E-state index >= 15 is 0 Å². The van der Waals surface area contributed by atoms with Crippen LogP contribution in [0.5, 0.6) is 0 Å². The molecular formula is C18H25ClN2. The van der Waals surface area contributed by atoms with Crippen LogP contribution in [-0.4, -0.2) is 31.6 Å². The molecule has 1 aliphatic rings. The molecule has 0 spiro atoms. The zero-order chi connectivity index (χ0) is 13.8. The van der Waals surface area contributed by atoms with Crippen molar-refractivity contribution in [2.75, 3.05) is 26.7 Å². The summed E-state index contributed by atoms with van der Waals surface area (Å²) in [5.41, 5.74) is 1.44. The average Bonchev–Trinajstić information content (AvgIpc) is 2.48. The van der Waals surface area contributed by atoms with Gasteiger partial charge in [-0.05, 0) is 55.2 Å². The van der Waals surface area contributed by atoms with E-state index in [9.17, 15) is 0 Å². The van der Waals surface area contributed by atoms with E-state index in [1.165, 1.54) is 48.8 Å². The molecule has 2 nitrogen and oxygen atoms in total. The van der Waals surface area contributed by atoms with Crippen molar-refractivity contribution in [3.05, 3.63) is 48.0 Å². The number of benzene rings is 2. The van der Waals surface area contributed by atoms with Crippen molar-refractivity contribution < 1.29 is 0 Å². The van der Waals surface area contributed by atoms with Gasteiger partial charge in [-0.1, -0.05) is 42.5 Å². The Balaban J connectivity index is 0.00000161. The quantitative estimate of drug-likeness (QED) is 0.926. The number of hydrogen-bond acceptors (Lipinski definition) is 2. The fourth-order valence-corrected chi connectivity index (χ4v) is 3.29. The largest absolute Gasteiger partial charge is 0.317 e. The molecule has 3 rings (SSSR count). The molecule has 114 valence electrons. The van der Waals surface area contributed by atoms with Crippen molar-refractivity contribution in [3.8, 4) is 0 Å². The lowest BCUT2D eigenvalue weighted by Gasteiger charge is -2.27. The Hall–Kier alpha value is -1.09. The first-order valence-corrected chi connectivity index (χ1v) is 7.69. The summed E-state index contributed by atoms with van der Waals surface area (Å²) in [6.07, 6.45) is 2.64. The van der Waals surface area contributed by atoms with Gasteiger partial charge < -0.3 is 10.2 Å². The zero-order valence-electron chi connectivity index (χ0n) is 12.7. The van der Waals surface area contributed by atoms with Gasteiger partial charge in [0.2, 0.25) is 0 Å². The summed E-state index contributed by atoms with van der Waals surface area (Å²) in [5.74, 6) is 0.858. The Morgan fingerprint density at radius 2 is 1.76 bits per heavy atom. The van der Waals surface area contributed by atoms with Crippen LogP contribution < -0.4 is 5.32 Å². The molecule has 1 N–H and O–H groups in total. The van der Waals surface area contributed by atoms with Crippen LogP contribution in [0.2, 0.25) is 0 Å². The molecule has 1 saturated heterocycles. The second-order valence-electron chi connectivity index (χ2n) is 6.03. The third-order valence-electron chi connectivity index (χ3n) is 4.35. The van der Waals surface area contributed by atoms with Crippen LogP contribution in [-0.2, 0) is 6.54 Å². The van der Waals surface area contributed by atoms with Crippen molar-refractivity contribution in [1.29, 1.82) is 0 Å². The lowest BCUT2D eigenvalue weighted by molar-refractivity contribution is 0.235. The maximum atomic E-state index is 3.44. The van der Waals surface area contributed by atoms with Gasteiger partial charge in [-0.25, -0.2) is 0 Å². The van der Waals surface area contributed by atoms with E-state index in [1.807, 2.05) is 0 Å². The normalized spacial score (nSPS) is 16.1. The third-order valence-corrected chi connectivity index (χ3v) is 4.35. The Labute approximate surface area is 133 Å². The first kappa shape index (κ1) is 16.3. The van der Waals surface area contributed by atoms with Gasteiger partial charge in [-0.15, -0.1) is 12.4 Å². The molecule has 0 unspecified atom stereocenters. The van der Waals surface area contributed by atoms with Gasteiger partial charge in [-0.3, -0.25) is 0 Å². The number of piperidine rings is 1. The Kier molecular flexibility index (Phi) is 6.04. The van der Waals surface area contributed by atoms with Gasteiger partial charge in [-0.2, -0.15) is 0 Å². The first-order chi connectivity index (χ1) is 9.83. The summed E-state index contributed by atoms with van der Waals surface area (Å²) < 4.78 is 0. The summed E-state index contributed by atoms with van der Waals surface area (Å²) in [6, 6.07) is 15.3. The molecule has 0 amide bonds. The third kappa shape index (κ3) is 4.19. The molecule has 1 fully saturated rings. The van der Waals surface area contributed by atoms with Crippen molar-refractivity contribution in [2.45, 2.75) is 19.4 Å². The number of nitrogens with zero attached hydrogens (tertiary/aromatic N) is 1. The highest BCUT2D eigenvalue weighted by Gasteiger charge is 2.15. The van der Waals surface area contributed by atoms with Gasteiger partial charge in [0.05, 0.1) is 0 Å². The van der Waals surface area contributed by atoms with E-state index in [-0.39, 0.29) is 12.4 Å². The van der Waals surface area contributed by atoms with Crippen molar-refractivity contribution in [3.63, 3.8) is 0 Å². The molecule has 0 aromatic heterocycles. The smallest absolute Gasteiger partial charge is 0.0236 e. The Morgan fingerprint density at radius 1 is 1.05 bits per heavy atom. The number of nitrogens with one attached hydrogen (secondary N) is 1. The predicted molar refractivity (Wildman–Crippen MR) is 93.1 cm³/mol. The lowest BCUT2D eigenvalue weighted by atomic mass is 9.97. The van der Waals surface area contributed by atoms with Crippen LogP contribution >= 0.6 is 12.4 Å². The molecule has 21 heavy (non-hydrogen) atoms.